The van der Waals surface area contributed by atoms with Gasteiger partial charge in [0.25, 0.3) is 0 Å². The van der Waals surface area contributed by atoms with Crippen molar-refractivity contribution < 1.29 is 4.79 Å². The Morgan fingerprint density at radius 2 is 2.19 bits per heavy atom. The second-order valence-electron chi connectivity index (χ2n) is 4.07. The highest BCUT2D eigenvalue weighted by Gasteiger charge is 2.26. The Kier molecular flexibility index (Phi) is 3.57. The molecule has 0 bridgehead atoms. The number of nitrogens with one attached hydrogen (secondary N) is 1. The number of para-hydroxylation sites is 1. The molecule has 1 aliphatic rings. The first-order valence-electron chi connectivity index (χ1n) is 5.92. The van der Waals surface area contributed by atoms with Crippen molar-refractivity contribution in [2.45, 2.75) is 25.8 Å². The van der Waals surface area contributed by atoms with Crippen LogP contribution in [-0.2, 0) is 4.79 Å². The molecule has 16 heavy (non-hydrogen) atoms. The molecule has 0 aromatic heterocycles. The lowest BCUT2D eigenvalue weighted by Crippen LogP contribution is -2.43. The summed E-state index contributed by atoms with van der Waals surface area (Å²) in [5.41, 5.74) is 0.990. The van der Waals surface area contributed by atoms with E-state index in [1.165, 1.54) is 0 Å². The minimum Gasteiger partial charge on any atom is -0.311 e. The van der Waals surface area contributed by atoms with Gasteiger partial charge in [-0.15, -0.1) is 0 Å². The fourth-order valence-electron chi connectivity index (χ4n) is 2.16. The first-order chi connectivity index (χ1) is 7.83. The summed E-state index contributed by atoms with van der Waals surface area (Å²) in [6.07, 6.45) is 2.06. The van der Waals surface area contributed by atoms with E-state index in [-0.39, 0.29) is 11.9 Å². The van der Waals surface area contributed by atoms with Gasteiger partial charge < -0.3 is 10.2 Å². The summed E-state index contributed by atoms with van der Waals surface area (Å²) in [6.45, 7) is 3.70. The van der Waals surface area contributed by atoms with Crippen molar-refractivity contribution >= 4 is 11.6 Å². The van der Waals surface area contributed by atoms with Crippen LogP contribution in [0, 0.1) is 0 Å². The van der Waals surface area contributed by atoms with Crippen molar-refractivity contribution in [1.29, 1.82) is 0 Å². The minimum absolute atomic E-state index is 0.0140. The summed E-state index contributed by atoms with van der Waals surface area (Å²) in [6, 6.07) is 9.88. The minimum atomic E-state index is 0.0140. The standard InChI is InChI=1S/C13H18N2O/c1-2-15(11-7-4-3-5-8-11)13(16)12-9-6-10-14-12/h3-5,7-8,12,14H,2,6,9-10H2,1H3/t12-/m0/s1. The van der Waals surface area contributed by atoms with Gasteiger partial charge >= 0.3 is 0 Å². The van der Waals surface area contributed by atoms with Crippen molar-refractivity contribution in [1.82, 2.24) is 5.32 Å². The number of benzene rings is 1. The van der Waals surface area contributed by atoms with Gasteiger partial charge in [-0.1, -0.05) is 18.2 Å². The monoisotopic (exact) mass is 218 g/mol. The molecular formula is C13H18N2O. The van der Waals surface area contributed by atoms with Crippen LogP contribution in [0.15, 0.2) is 30.3 Å². The number of amides is 1. The summed E-state index contributed by atoms with van der Waals surface area (Å²) < 4.78 is 0. The van der Waals surface area contributed by atoms with Gasteiger partial charge in [-0.3, -0.25) is 4.79 Å². The third-order valence-corrected chi connectivity index (χ3v) is 3.01. The zero-order valence-corrected chi connectivity index (χ0v) is 9.65. The molecule has 1 aromatic rings. The maximum atomic E-state index is 12.2. The second-order valence-corrected chi connectivity index (χ2v) is 4.07. The van der Waals surface area contributed by atoms with E-state index < -0.39 is 0 Å². The lowest BCUT2D eigenvalue weighted by atomic mass is 10.2. The van der Waals surface area contributed by atoms with Crippen molar-refractivity contribution in [3.8, 4) is 0 Å². The predicted octanol–water partition coefficient (Wildman–Crippen LogP) is 1.79. The topological polar surface area (TPSA) is 32.3 Å². The van der Waals surface area contributed by atoms with E-state index in [1.54, 1.807) is 0 Å². The molecule has 3 nitrogen and oxygen atoms in total. The molecule has 0 spiro atoms. The Labute approximate surface area is 96.5 Å². The quantitative estimate of drug-likeness (QED) is 0.839. The molecule has 1 fully saturated rings. The lowest BCUT2D eigenvalue weighted by molar-refractivity contribution is -0.120. The SMILES string of the molecule is CCN(C(=O)[C@@H]1CCCN1)c1ccccc1. The molecule has 1 aromatic carbocycles. The number of carbonyl (C=O) groups is 1. The van der Waals surface area contributed by atoms with Gasteiger partial charge in [-0.25, -0.2) is 0 Å². The van der Waals surface area contributed by atoms with Gasteiger partial charge in [-0.05, 0) is 38.4 Å². The normalized spacial score (nSPS) is 19.7. The van der Waals surface area contributed by atoms with Crippen molar-refractivity contribution in [3.63, 3.8) is 0 Å². The van der Waals surface area contributed by atoms with E-state index in [0.717, 1.165) is 31.6 Å². The molecule has 0 unspecified atom stereocenters. The van der Waals surface area contributed by atoms with E-state index in [4.69, 9.17) is 0 Å². The third kappa shape index (κ3) is 2.25. The van der Waals surface area contributed by atoms with Crippen LogP contribution in [0.1, 0.15) is 19.8 Å². The Morgan fingerprint density at radius 3 is 2.75 bits per heavy atom. The Hall–Kier alpha value is -1.35. The van der Waals surface area contributed by atoms with Gasteiger partial charge in [0.15, 0.2) is 0 Å². The summed E-state index contributed by atoms with van der Waals surface area (Å²) in [4.78, 5) is 14.1. The number of rotatable bonds is 3. The van der Waals surface area contributed by atoms with Gasteiger partial charge in [0.2, 0.25) is 5.91 Å². The van der Waals surface area contributed by atoms with Crippen LogP contribution in [0.2, 0.25) is 0 Å². The number of hydrogen-bond donors (Lipinski definition) is 1. The molecule has 1 atom stereocenters. The molecule has 0 radical (unpaired) electrons. The molecule has 1 amide bonds. The summed E-state index contributed by atoms with van der Waals surface area (Å²) >= 11 is 0. The highest BCUT2D eigenvalue weighted by molar-refractivity contribution is 5.97. The van der Waals surface area contributed by atoms with Gasteiger partial charge in [-0.2, -0.15) is 0 Å². The number of nitrogens with zero attached hydrogens (tertiary/aromatic N) is 1. The van der Waals surface area contributed by atoms with E-state index in [9.17, 15) is 4.79 Å². The maximum Gasteiger partial charge on any atom is 0.244 e. The zero-order chi connectivity index (χ0) is 11.4. The van der Waals surface area contributed by atoms with Crippen LogP contribution < -0.4 is 10.2 Å². The smallest absolute Gasteiger partial charge is 0.244 e. The van der Waals surface area contributed by atoms with Crippen LogP contribution in [-0.4, -0.2) is 25.0 Å². The highest BCUT2D eigenvalue weighted by Crippen LogP contribution is 2.17. The highest BCUT2D eigenvalue weighted by atomic mass is 16.2. The lowest BCUT2D eigenvalue weighted by Gasteiger charge is -2.24. The van der Waals surface area contributed by atoms with E-state index in [1.807, 2.05) is 42.2 Å². The van der Waals surface area contributed by atoms with Crippen LogP contribution in [0.5, 0.6) is 0 Å². The molecular weight excluding hydrogens is 200 g/mol. The first-order valence-corrected chi connectivity index (χ1v) is 5.92. The van der Waals surface area contributed by atoms with Crippen LogP contribution >= 0.6 is 0 Å². The van der Waals surface area contributed by atoms with E-state index >= 15 is 0 Å². The van der Waals surface area contributed by atoms with E-state index in [0.29, 0.717) is 0 Å². The average molecular weight is 218 g/mol. The Bertz CT molecular complexity index is 344. The third-order valence-electron chi connectivity index (χ3n) is 3.01. The molecule has 1 aliphatic heterocycles. The molecule has 3 heteroatoms. The van der Waals surface area contributed by atoms with E-state index in [2.05, 4.69) is 5.32 Å². The number of hydrogen-bond acceptors (Lipinski definition) is 2. The number of likely N-dealkylation sites (N-methyl/N-ethyl adjacent to an activating group) is 1. The summed E-state index contributed by atoms with van der Waals surface area (Å²) in [5, 5.41) is 3.25. The van der Waals surface area contributed by atoms with Crippen LogP contribution in [0.3, 0.4) is 0 Å². The molecule has 0 saturated carbocycles. The van der Waals surface area contributed by atoms with Crippen molar-refractivity contribution in [3.05, 3.63) is 30.3 Å². The van der Waals surface area contributed by atoms with Gasteiger partial charge in [0.1, 0.15) is 0 Å². The number of carbonyl (C=O) groups excluding carboxylic acids is 1. The molecule has 0 aliphatic carbocycles. The molecule has 2 rings (SSSR count). The second kappa shape index (κ2) is 5.12. The fraction of sp³-hybridized carbons (Fsp3) is 0.462. The molecule has 1 heterocycles. The molecule has 1 saturated heterocycles. The maximum absolute atomic E-state index is 12.2. The van der Waals surface area contributed by atoms with Crippen LogP contribution in [0.25, 0.3) is 0 Å². The molecule has 1 N–H and O–H groups in total. The van der Waals surface area contributed by atoms with Gasteiger partial charge in [0.05, 0.1) is 6.04 Å². The molecule has 86 valence electrons. The first kappa shape index (κ1) is 11.1. The van der Waals surface area contributed by atoms with Crippen molar-refractivity contribution in [2.75, 3.05) is 18.0 Å². The Balaban J connectivity index is 2.13. The van der Waals surface area contributed by atoms with Gasteiger partial charge in [0, 0.05) is 12.2 Å². The van der Waals surface area contributed by atoms with Crippen molar-refractivity contribution in [2.24, 2.45) is 0 Å². The Morgan fingerprint density at radius 1 is 1.44 bits per heavy atom. The van der Waals surface area contributed by atoms with Crippen LogP contribution in [0.4, 0.5) is 5.69 Å². The summed E-state index contributed by atoms with van der Waals surface area (Å²) in [5.74, 6) is 0.200. The zero-order valence-electron chi connectivity index (χ0n) is 9.65. The summed E-state index contributed by atoms with van der Waals surface area (Å²) in [7, 11) is 0. The largest absolute Gasteiger partial charge is 0.311 e. The average Bonchev–Trinajstić information content (AvgIpc) is 2.85. The fourth-order valence-corrected chi connectivity index (χ4v) is 2.16. The predicted molar refractivity (Wildman–Crippen MR) is 65.5 cm³/mol. The number of anilines is 1.